The number of carbonyl (C=O) groups is 1. The van der Waals surface area contributed by atoms with Crippen LogP contribution in [-0.4, -0.2) is 43.1 Å². The fourth-order valence-electron chi connectivity index (χ4n) is 5.05. The average molecular weight is 377 g/mol. The van der Waals surface area contributed by atoms with Crippen molar-refractivity contribution in [2.45, 2.75) is 51.6 Å². The van der Waals surface area contributed by atoms with Crippen molar-refractivity contribution in [1.82, 2.24) is 24.6 Å². The molecule has 2 unspecified atom stereocenters. The van der Waals surface area contributed by atoms with E-state index in [9.17, 15) is 4.79 Å². The Balaban J connectivity index is 1.31. The van der Waals surface area contributed by atoms with E-state index in [1.807, 2.05) is 6.20 Å². The minimum Gasteiger partial charge on any atom is -0.346 e. The van der Waals surface area contributed by atoms with Crippen LogP contribution in [0.25, 0.3) is 22.3 Å². The van der Waals surface area contributed by atoms with Crippen molar-refractivity contribution in [1.29, 1.82) is 0 Å². The molecule has 3 aromatic rings. The standard InChI is InChI=1S/C22H27N5O/c1-15-10-16(14-27(15)22(28)17-4-2-3-5-17)13-26-9-8-20-21(26)7-6-19(25-20)18-11-23-24-12-18/h6-9,11-12,15-17H,2-5,10,13-14H2,1H3,(H,23,24). The van der Waals surface area contributed by atoms with Gasteiger partial charge in [-0.05, 0) is 50.3 Å². The van der Waals surface area contributed by atoms with Crippen molar-refractivity contribution < 1.29 is 4.79 Å². The summed E-state index contributed by atoms with van der Waals surface area (Å²) in [6.07, 6.45) is 11.5. The molecule has 1 amide bonds. The van der Waals surface area contributed by atoms with E-state index in [0.29, 0.717) is 17.9 Å². The molecule has 2 atom stereocenters. The first-order valence-corrected chi connectivity index (χ1v) is 10.4. The van der Waals surface area contributed by atoms with Gasteiger partial charge in [0.2, 0.25) is 5.91 Å². The lowest BCUT2D eigenvalue weighted by Gasteiger charge is -2.25. The van der Waals surface area contributed by atoms with Crippen LogP contribution in [0, 0.1) is 11.8 Å². The first-order chi connectivity index (χ1) is 13.7. The Morgan fingerprint density at radius 3 is 2.89 bits per heavy atom. The first-order valence-electron chi connectivity index (χ1n) is 10.4. The molecule has 2 fully saturated rings. The van der Waals surface area contributed by atoms with Crippen LogP contribution < -0.4 is 0 Å². The van der Waals surface area contributed by atoms with Gasteiger partial charge in [0.1, 0.15) is 0 Å². The number of nitrogens with zero attached hydrogens (tertiary/aromatic N) is 4. The van der Waals surface area contributed by atoms with Crippen LogP contribution in [0.3, 0.4) is 0 Å². The summed E-state index contributed by atoms with van der Waals surface area (Å²) >= 11 is 0. The molecule has 6 heteroatoms. The lowest BCUT2D eigenvalue weighted by molar-refractivity contribution is -0.136. The maximum absolute atomic E-state index is 12.9. The van der Waals surface area contributed by atoms with Crippen molar-refractivity contribution >= 4 is 16.9 Å². The predicted molar refractivity (Wildman–Crippen MR) is 109 cm³/mol. The van der Waals surface area contributed by atoms with E-state index >= 15 is 0 Å². The summed E-state index contributed by atoms with van der Waals surface area (Å²) in [5.74, 6) is 1.18. The fraction of sp³-hybridized carbons (Fsp3) is 0.500. The van der Waals surface area contributed by atoms with Gasteiger partial charge in [0.25, 0.3) is 0 Å². The van der Waals surface area contributed by atoms with Gasteiger partial charge in [-0.25, -0.2) is 4.98 Å². The Morgan fingerprint density at radius 2 is 2.11 bits per heavy atom. The van der Waals surface area contributed by atoms with Crippen molar-refractivity contribution in [3.05, 3.63) is 36.8 Å². The Bertz CT molecular complexity index is 970. The lowest BCUT2D eigenvalue weighted by Crippen LogP contribution is -2.38. The van der Waals surface area contributed by atoms with Crippen molar-refractivity contribution in [2.24, 2.45) is 11.8 Å². The van der Waals surface area contributed by atoms with Crippen LogP contribution in [0.1, 0.15) is 39.0 Å². The van der Waals surface area contributed by atoms with E-state index in [0.717, 1.165) is 54.6 Å². The molecular weight excluding hydrogens is 350 g/mol. The minimum absolute atomic E-state index is 0.277. The zero-order valence-corrected chi connectivity index (χ0v) is 16.3. The molecule has 5 rings (SSSR count). The number of pyridine rings is 1. The van der Waals surface area contributed by atoms with Crippen LogP contribution in [-0.2, 0) is 11.3 Å². The topological polar surface area (TPSA) is 66.8 Å². The molecular formula is C22H27N5O. The Morgan fingerprint density at radius 1 is 1.25 bits per heavy atom. The highest BCUT2D eigenvalue weighted by Crippen LogP contribution is 2.32. The third-order valence-electron chi connectivity index (χ3n) is 6.52. The highest BCUT2D eigenvalue weighted by molar-refractivity contribution is 5.80. The largest absolute Gasteiger partial charge is 0.346 e. The number of hydrogen-bond acceptors (Lipinski definition) is 3. The molecule has 146 valence electrons. The van der Waals surface area contributed by atoms with E-state index in [1.165, 1.54) is 12.8 Å². The normalized spacial score (nSPS) is 23.1. The van der Waals surface area contributed by atoms with Crippen molar-refractivity contribution in [2.75, 3.05) is 6.54 Å². The maximum atomic E-state index is 12.9. The highest BCUT2D eigenvalue weighted by atomic mass is 16.2. The zero-order chi connectivity index (χ0) is 19.1. The van der Waals surface area contributed by atoms with Crippen molar-refractivity contribution in [3.8, 4) is 11.3 Å². The van der Waals surface area contributed by atoms with E-state index < -0.39 is 0 Å². The molecule has 28 heavy (non-hydrogen) atoms. The number of aromatic nitrogens is 4. The quantitative estimate of drug-likeness (QED) is 0.751. The fourth-order valence-corrected chi connectivity index (χ4v) is 5.05. The van der Waals surface area contributed by atoms with E-state index in [2.05, 4.69) is 51.0 Å². The Hall–Kier alpha value is -2.63. The minimum atomic E-state index is 0.277. The Labute approximate surface area is 164 Å². The van der Waals surface area contributed by atoms with Crippen LogP contribution in [0.2, 0.25) is 0 Å². The molecule has 3 aromatic heterocycles. The monoisotopic (exact) mass is 377 g/mol. The zero-order valence-electron chi connectivity index (χ0n) is 16.3. The van der Waals surface area contributed by atoms with E-state index in [-0.39, 0.29) is 5.92 Å². The molecule has 0 radical (unpaired) electrons. The molecule has 6 nitrogen and oxygen atoms in total. The van der Waals surface area contributed by atoms with Gasteiger partial charge in [-0.3, -0.25) is 9.89 Å². The molecule has 0 spiro atoms. The molecule has 1 saturated heterocycles. The van der Waals surface area contributed by atoms with Gasteiger partial charge in [-0.1, -0.05) is 12.8 Å². The summed E-state index contributed by atoms with van der Waals surface area (Å²) in [4.78, 5) is 19.8. The number of H-pyrrole nitrogens is 1. The molecule has 1 N–H and O–H groups in total. The molecule has 2 aliphatic rings. The SMILES string of the molecule is CC1CC(Cn2ccc3nc(-c4cn[nH]c4)ccc32)CN1C(=O)C1CCCC1. The van der Waals surface area contributed by atoms with Crippen LogP contribution in [0.4, 0.5) is 0 Å². The summed E-state index contributed by atoms with van der Waals surface area (Å²) < 4.78 is 2.29. The average Bonchev–Trinajstić information content (AvgIpc) is 3.49. The number of carbonyl (C=O) groups excluding carboxylic acids is 1. The summed E-state index contributed by atoms with van der Waals surface area (Å²) in [6.45, 7) is 4.03. The number of likely N-dealkylation sites (tertiary alicyclic amines) is 1. The van der Waals surface area contributed by atoms with Gasteiger partial charge in [0.05, 0.1) is 22.9 Å². The van der Waals surface area contributed by atoms with Gasteiger partial charge in [-0.2, -0.15) is 5.10 Å². The van der Waals surface area contributed by atoms with Gasteiger partial charge in [0.15, 0.2) is 0 Å². The maximum Gasteiger partial charge on any atom is 0.225 e. The van der Waals surface area contributed by atoms with Gasteiger partial charge < -0.3 is 9.47 Å². The molecule has 1 saturated carbocycles. The molecule has 0 bridgehead atoms. The van der Waals surface area contributed by atoms with Crippen molar-refractivity contribution in [3.63, 3.8) is 0 Å². The number of amides is 1. The number of hydrogen-bond donors (Lipinski definition) is 1. The summed E-state index contributed by atoms with van der Waals surface area (Å²) in [7, 11) is 0. The second kappa shape index (κ2) is 7.08. The van der Waals surface area contributed by atoms with Gasteiger partial charge in [-0.15, -0.1) is 0 Å². The van der Waals surface area contributed by atoms with Crippen LogP contribution >= 0.6 is 0 Å². The van der Waals surface area contributed by atoms with E-state index in [4.69, 9.17) is 4.98 Å². The third kappa shape index (κ3) is 3.11. The summed E-state index contributed by atoms with van der Waals surface area (Å²) in [5.41, 5.74) is 4.09. The Kier molecular flexibility index (Phi) is 4.41. The number of rotatable bonds is 4. The lowest BCUT2D eigenvalue weighted by atomic mass is 10.1. The van der Waals surface area contributed by atoms with Gasteiger partial charge >= 0.3 is 0 Å². The number of nitrogens with one attached hydrogen (secondary N) is 1. The smallest absolute Gasteiger partial charge is 0.225 e. The summed E-state index contributed by atoms with van der Waals surface area (Å²) in [6, 6.07) is 6.63. The second-order valence-electron chi connectivity index (χ2n) is 8.48. The number of fused-ring (bicyclic) bond motifs is 1. The molecule has 1 aliphatic carbocycles. The molecule has 4 heterocycles. The highest BCUT2D eigenvalue weighted by Gasteiger charge is 2.36. The molecule has 1 aliphatic heterocycles. The van der Waals surface area contributed by atoms with Crippen LogP contribution in [0.15, 0.2) is 36.8 Å². The third-order valence-corrected chi connectivity index (χ3v) is 6.52. The number of aromatic amines is 1. The molecule has 0 aromatic carbocycles. The van der Waals surface area contributed by atoms with Gasteiger partial charge in [0, 0.05) is 43.0 Å². The second-order valence-corrected chi connectivity index (χ2v) is 8.48. The van der Waals surface area contributed by atoms with Crippen LogP contribution in [0.5, 0.6) is 0 Å². The first kappa shape index (κ1) is 17.5. The summed E-state index contributed by atoms with van der Waals surface area (Å²) in [5, 5.41) is 6.85. The predicted octanol–water partition coefficient (Wildman–Crippen LogP) is 3.85. The van der Waals surface area contributed by atoms with E-state index in [1.54, 1.807) is 6.20 Å².